The number of ether oxygens (including phenoxy) is 3. The lowest BCUT2D eigenvalue weighted by Gasteiger charge is -2.29. The van der Waals surface area contributed by atoms with E-state index in [1.54, 1.807) is 31.4 Å². The summed E-state index contributed by atoms with van der Waals surface area (Å²) < 4.78 is 16.5. The Morgan fingerprint density at radius 3 is 2.41 bits per heavy atom. The van der Waals surface area contributed by atoms with Gasteiger partial charge in [0.05, 0.1) is 7.11 Å². The van der Waals surface area contributed by atoms with E-state index in [0.29, 0.717) is 11.6 Å². The summed E-state index contributed by atoms with van der Waals surface area (Å²) in [6.07, 6.45) is 5.56. The number of carbonyl (C=O) groups is 1. The lowest BCUT2D eigenvalue weighted by Crippen LogP contribution is -2.41. The molecule has 0 spiro atoms. The number of benzene rings is 1. The van der Waals surface area contributed by atoms with E-state index in [0.717, 1.165) is 37.0 Å². The highest BCUT2D eigenvalue weighted by molar-refractivity contribution is 5.77. The smallest absolute Gasteiger partial charge is 0.258 e. The zero-order valence-corrected chi connectivity index (χ0v) is 15.8. The van der Waals surface area contributed by atoms with E-state index in [1.165, 1.54) is 0 Å². The second-order valence-electron chi connectivity index (χ2n) is 6.80. The molecule has 6 heteroatoms. The molecule has 1 amide bonds. The molecule has 0 radical (unpaired) electrons. The molecular weight excluding hydrogens is 344 g/mol. The summed E-state index contributed by atoms with van der Waals surface area (Å²) in [4.78, 5) is 16.4. The lowest BCUT2D eigenvalue weighted by molar-refractivity contribution is -0.124. The van der Waals surface area contributed by atoms with Crippen molar-refractivity contribution in [1.82, 2.24) is 10.3 Å². The maximum Gasteiger partial charge on any atom is 0.258 e. The molecule has 0 atom stereocenters. The minimum Gasteiger partial charge on any atom is -0.497 e. The summed E-state index contributed by atoms with van der Waals surface area (Å²) in [5.41, 5.74) is 1.12. The molecule has 0 bridgehead atoms. The largest absolute Gasteiger partial charge is 0.497 e. The van der Waals surface area contributed by atoms with Crippen LogP contribution >= 0.6 is 0 Å². The number of carbonyl (C=O) groups excluding carboxylic acids is 1. The quantitative estimate of drug-likeness (QED) is 0.810. The van der Waals surface area contributed by atoms with Crippen LogP contribution in [0.25, 0.3) is 0 Å². The van der Waals surface area contributed by atoms with Gasteiger partial charge in [-0.05, 0) is 62.4 Å². The van der Waals surface area contributed by atoms with Gasteiger partial charge in [0.25, 0.3) is 5.91 Å². The number of nitrogens with zero attached hydrogens (tertiary/aromatic N) is 1. The fourth-order valence-electron chi connectivity index (χ4n) is 3.11. The van der Waals surface area contributed by atoms with Crippen LogP contribution in [-0.2, 0) is 4.79 Å². The predicted molar refractivity (Wildman–Crippen MR) is 102 cm³/mol. The Morgan fingerprint density at radius 2 is 1.78 bits per heavy atom. The van der Waals surface area contributed by atoms with Crippen molar-refractivity contribution in [2.45, 2.75) is 44.8 Å². The highest BCUT2D eigenvalue weighted by atomic mass is 16.5. The van der Waals surface area contributed by atoms with Gasteiger partial charge in [-0.15, -0.1) is 0 Å². The Hall–Kier alpha value is -2.76. The van der Waals surface area contributed by atoms with E-state index in [2.05, 4.69) is 10.3 Å². The van der Waals surface area contributed by atoms with Crippen LogP contribution in [0.2, 0.25) is 0 Å². The minimum absolute atomic E-state index is 0.00996. The van der Waals surface area contributed by atoms with Crippen molar-refractivity contribution >= 4 is 5.91 Å². The Balaban J connectivity index is 1.36. The SMILES string of the molecule is COc1ccc(OCC(=O)NC2CCC(Oc3ccc(C)cn3)CC2)cc1. The Bertz CT molecular complexity index is 723. The van der Waals surface area contributed by atoms with Crippen LogP contribution in [0.15, 0.2) is 42.6 Å². The van der Waals surface area contributed by atoms with Gasteiger partial charge in [0.15, 0.2) is 6.61 Å². The molecule has 0 saturated heterocycles. The standard InChI is InChI=1S/C21H26N2O4/c1-15-3-12-21(22-13-15)27-19-6-4-16(5-7-19)23-20(24)14-26-18-10-8-17(25-2)9-11-18/h3,8-13,16,19H,4-7,14H2,1-2H3,(H,23,24). The molecule has 2 aromatic rings. The van der Waals surface area contributed by atoms with Crippen molar-refractivity contribution < 1.29 is 19.0 Å². The Labute approximate surface area is 159 Å². The summed E-state index contributed by atoms with van der Waals surface area (Å²) in [6.45, 7) is 2.01. The van der Waals surface area contributed by atoms with Crippen LogP contribution in [0.1, 0.15) is 31.2 Å². The summed E-state index contributed by atoms with van der Waals surface area (Å²) in [6, 6.07) is 11.2. The van der Waals surface area contributed by atoms with Gasteiger partial charge in [-0.2, -0.15) is 0 Å². The molecule has 1 aromatic carbocycles. The van der Waals surface area contributed by atoms with Crippen LogP contribution in [0.4, 0.5) is 0 Å². The van der Waals surface area contributed by atoms with Gasteiger partial charge >= 0.3 is 0 Å². The molecular formula is C21H26N2O4. The van der Waals surface area contributed by atoms with Crippen LogP contribution in [0.3, 0.4) is 0 Å². The number of pyridine rings is 1. The first-order valence-electron chi connectivity index (χ1n) is 9.28. The summed E-state index contributed by atoms with van der Waals surface area (Å²) in [5.74, 6) is 1.97. The van der Waals surface area contributed by atoms with Crippen molar-refractivity contribution in [2.24, 2.45) is 0 Å². The topological polar surface area (TPSA) is 69.7 Å². The maximum atomic E-state index is 12.1. The second-order valence-corrected chi connectivity index (χ2v) is 6.80. The van der Waals surface area contributed by atoms with E-state index < -0.39 is 0 Å². The molecule has 1 heterocycles. The summed E-state index contributed by atoms with van der Waals surface area (Å²) in [7, 11) is 1.61. The fraction of sp³-hybridized carbons (Fsp3) is 0.429. The van der Waals surface area contributed by atoms with E-state index in [1.807, 2.05) is 25.3 Å². The average Bonchev–Trinajstić information content (AvgIpc) is 2.70. The molecule has 0 unspecified atom stereocenters. The third-order valence-electron chi connectivity index (χ3n) is 4.64. The first-order chi connectivity index (χ1) is 13.1. The number of aromatic nitrogens is 1. The number of hydrogen-bond acceptors (Lipinski definition) is 5. The molecule has 1 N–H and O–H groups in total. The zero-order chi connectivity index (χ0) is 19.1. The molecule has 0 aliphatic heterocycles. The molecule has 3 rings (SSSR count). The highest BCUT2D eigenvalue weighted by Gasteiger charge is 2.24. The normalized spacial score (nSPS) is 19.2. The number of rotatable bonds is 7. The van der Waals surface area contributed by atoms with Gasteiger partial charge in [0.2, 0.25) is 5.88 Å². The van der Waals surface area contributed by atoms with Crippen molar-refractivity contribution in [1.29, 1.82) is 0 Å². The van der Waals surface area contributed by atoms with Gasteiger partial charge in [0.1, 0.15) is 17.6 Å². The molecule has 1 fully saturated rings. The van der Waals surface area contributed by atoms with Crippen LogP contribution in [0, 0.1) is 6.92 Å². The number of nitrogens with one attached hydrogen (secondary N) is 1. The van der Waals surface area contributed by atoms with E-state index in [4.69, 9.17) is 14.2 Å². The Morgan fingerprint density at radius 1 is 1.07 bits per heavy atom. The molecule has 1 aliphatic carbocycles. The maximum absolute atomic E-state index is 12.1. The first kappa shape index (κ1) is 19.0. The second kappa shape index (κ2) is 9.26. The first-order valence-corrected chi connectivity index (χ1v) is 9.28. The highest BCUT2D eigenvalue weighted by Crippen LogP contribution is 2.23. The lowest BCUT2D eigenvalue weighted by atomic mass is 9.93. The third kappa shape index (κ3) is 5.88. The molecule has 1 aromatic heterocycles. The predicted octanol–water partition coefficient (Wildman–Crippen LogP) is 3.28. The third-order valence-corrected chi connectivity index (χ3v) is 4.64. The molecule has 27 heavy (non-hydrogen) atoms. The number of hydrogen-bond donors (Lipinski definition) is 1. The van der Waals surface area contributed by atoms with Gasteiger partial charge in [-0.3, -0.25) is 4.79 Å². The van der Waals surface area contributed by atoms with E-state index in [-0.39, 0.29) is 24.7 Å². The van der Waals surface area contributed by atoms with Gasteiger partial charge in [0, 0.05) is 18.3 Å². The van der Waals surface area contributed by atoms with Crippen LogP contribution in [-0.4, -0.2) is 36.8 Å². The monoisotopic (exact) mass is 370 g/mol. The van der Waals surface area contributed by atoms with Crippen molar-refractivity contribution in [3.63, 3.8) is 0 Å². The van der Waals surface area contributed by atoms with E-state index in [9.17, 15) is 4.79 Å². The van der Waals surface area contributed by atoms with Crippen molar-refractivity contribution in [3.05, 3.63) is 48.2 Å². The van der Waals surface area contributed by atoms with E-state index >= 15 is 0 Å². The fourth-order valence-corrected chi connectivity index (χ4v) is 3.11. The molecule has 1 aliphatic rings. The average molecular weight is 370 g/mol. The van der Waals surface area contributed by atoms with Crippen molar-refractivity contribution in [3.8, 4) is 17.4 Å². The molecule has 144 valence electrons. The number of amides is 1. The zero-order valence-electron chi connectivity index (χ0n) is 15.8. The van der Waals surface area contributed by atoms with Gasteiger partial charge < -0.3 is 19.5 Å². The summed E-state index contributed by atoms with van der Waals surface area (Å²) in [5, 5.41) is 3.04. The van der Waals surface area contributed by atoms with Crippen LogP contribution < -0.4 is 19.5 Å². The minimum atomic E-state index is -0.101. The number of aryl methyl sites for hydroxylation is 1. The summed E-state index contributed by atoms with van der Waals surface area (Å²) >= 11 is 0. The van der Waals surface area contributed by atoms with Gasteiger partial charge in [-0.1, -0.05) is 6.07 Å². The Kier molecular flexibility index (Phi) is 6.52. The molecule has 6 nitrogen and oxygen atoms in total. The van der Waals surface area contributed by atoms with Gasteiger partial charge in [-0.25, -0.2) is 4.98 Å². The number of methoxy groups -OCH3 is 1. The van der Waals surface area contributed by atoms with Crippen molar-refractivity contribution in [2.75, 3.05) is 13.7 Å². The molecule has 1 saturated carbocycles. The van der Waals surface area contributed by atoms with Crippen LogP contribution in [0.5, 0.6) is 17.4 Å².